The van der Waals surface area contributed by atoms with Crippen molar-refractivity contribution in [3.05, 3.63) is 48.3 Å². The number of nitrogens with zero attached hydrogens (tertiary/aromatic N) is 3. The lowest BCUT2D eigenvalue weighted by molar-refractivity contribution is -0.128. The third kappa shape index (κ3) is 5.17. The first-order valence-electron chi connectivity index (χ1n) is 11.0. The van der Waals surface area contributed by atoms with E-state index in [1.807, 2.05) is 12.1 Å². The van der Waals surface area contributed by atoms with Crippen LogP contribution < -0.4 is 10.1 Å². The number of aromatic nitrogens is 1. The van der Waals surface area contributed by atoms with Gasteiger partial charge in [-0.1, -0.05) is 12.5 Å². The van der Waals surface area contributed by atoms with Gasteiger partial charge in [0.05, 0.1) is 25.3 Å². The maximum Gasteiger partial charge on any atom is 0.246 e. The average molecular weight is 473 g/mol. The van der Waals surface area contributed by atoms with Crippen LogP contribution in [0.4, 0.5) is 5.69 Å². The van der Waals surface area contributed by atoms with Crippen LogP contribution in [0.3, 0.4) is 0 Å². The van der Waals surface area contributed by atoms with E-state index >= 15 is 0 Å². The summed E-state index contributed by atoms with van der Waals surface area (Å²) in [6, 6.07) is 10.1. The number of sulfonamides is 1. The topological polar surface area (TPSA) is 109 Å². The summed E-state index contributed by atoms with van der Waals surface area (Å²) in [7, 11) is -2.33. The highest BCUT2D eigenvalue weighted by molar-refractivity contribution is 7.89. The normalized spacial score (nSPS) is 19.5. The van der Waals surface area contributed by atoms with Crippen LogP contribution in [-0.4, -0.2) is 61.2 Å². The first-order valence-corrected chi connectivity index (χ1v) is 12.5. The van der Waals surface area contributed by atoms with Crippen molar-refractivity contribution < 1.29 is 22.7 Å². The van der Waals surface area contributed by atoms with Gasteiger partial charge in [-0.3, -0.25) is 14.6 Å². The smallest absolute Gasteiger partial charge is 0.246 e. The number of nitrogens with one attached hydrogen (secondary N) is 1. The summed E-state index contributed by atoms with van der Waals surface area (Å²) in [4.78, 5) is 31.2. The molecule has 176 valence electrons. The third-order valence-corrected chi connectivity index (χ3v) is 7.95. The number of carbonyl (C=O) groups excluding carboxylic acids is 2. The Morgan fingerprint density at radius 2 is 1.97 bits per heavy atom. The number of benzene rings is 1. The maximum atomic E-state index is 13.2. The van der Waals surface area contributed by atoms with Crippen LogP contribution in [0.2, 0.25) is 0 Å². The summed E-state index contributed by atoms with van der Waals surface area (Å²) >= 11 is 0. The number of carbonyl (C=O) groups is 2. The van der Waals surface area contributed by atoms with E-state index in [0.29, 0.717) is 25.3 Å². The number of piperidine rings is 1. The summed E-state index contributed by atoms with van der Waals surface area (Å²) in [6.07, 6.45) is 4.43. The molecule has 9 nitrogen and oxygen atoms in total. The van der Waals surface area contributed by atoms with Crippen LogP contribution in [0.25, 0.3) is 0 Å². The second-order valence-electron chi connectivity index (χ2n) is 8.32. The van der Waals surface area contributed by atoms with Crippen LogP contribution in [0.1, 0.15) is 31.4 Å². The molecular weight excluding hydrogens is 444 g/mol. The first kappa shape index (κ1) is 23.2. The van der Waals surface area contributed by atoms with Crippen molar-refractivity contribution in [1.82, 2.24) is 14.2 Å². The molecule has 2 aromatic rings. The summed E-state index contributed by atoms with van der Waals surface area (Å²) in [6.45, 7) is 1.58. The van der Waals surface area contributed by atoms with E-state index in [1.54, 1.807) is 29.3 Å². The molecule has 0 saturated carbocycles. The molecule has 1 aromatic carbocycles. The summed E-state index contributed by atoms with van der Waals surface area (Å²) < 4.78 is 33.1. The van der Waals surface area contributed by atoms with Gasteiger partial charge in [-0.2, -0.15) is 4.31 Å². The van der Waals surface area contributed by atoms with Gasteiger partial charge in [0.2, 0.25) is 21.8 Å². The van der Waals surface area contributed by atoms with Gasteiger partial charge in [-0.15, -0.1) is 0 Å². The Morgan fingerprint density at radius 1 is 1.18 bits per heavy atom. The zero-order chi connectivity index (χ0) is 23.4. The van der Waals surface area contributed by atoms with Crippen LogP contribution in [0.5, 0.6) is 5.75 Å². The molecule has 2 aliphatic heterocycles. The molecular formula is C23H28N4O5S. The monoisotopic (exact) mass is 472 g/mol. The fraction of sp³-hybridized carbons (Fsp3) is 0.435. The van der Waals surface area contributed by atoms with E-state index in [0.717, 1.165) is 25.0 Å². The van der Waals surface area contributed by atoms with Gasteiger partial charge in [0, 0.05) is 37.9 Å². The van der Waals surface area contributed by atoms with Crippen molar-refractivity contribution in [2.24, 2.45) is 5.92 Å². The highest BCUT2D eigenvalue weighted by Crippen LogP contribution is 2.31. The Kier molecular flexibility index (Phi) is 6.94. The Balaban J connectivity index is 1.47. The van der Waals surface area contributed by atoms with Crippen molar-refractivity contribution in [1.29, 1.82) is 0 Å². The number of ether oxygens (including phenoxy) is 1. The standard InChI is InChI=1S/C23H28N4O5S/c1-32-20-9-8-18(14-21(20)33(30,31)27-11-5-2-6-12-27)25-23(29)17-13-22(28)26(15-17)16-19-7-3-4-10-24-19/h3-4,7-10,14,17H,2,5-6,11-13,15-16H2,1H3,(H,25,29)/t17-/m1/s1. The Bertz CT molecular complexity index is 1120. The minimum atomic E-state index is -3.75. The lowest BCUT2D eigenvalue weighted by Gasteiger charge is -2.26. The number of amides is 2. The minimum Gasteiger partial charge on any atom is -0.495 e. The van der Waals surface area contributed by atoms with Gasteiger partial charge >= 0.3 is 0 Å². The fourth-order valence-corrected chi connectivity index (χ4v) is 5.93. The molecule has 3 heterocycles. The highest BCUT2D eigenvalue weighted by atomic mass is 32.2. The van der Waals surface area contributed by atoms with Crippen LogP contribution in [0.15, 0.2) is 47.5 Å². The average Bonchev–Trinajstić information content (AvgIpc) is 3.20. The molecule has 2 aliphatic rings. The highest BCUT2D eigenvalue weighted by Gasteiger charge is 2.35. The molecule has 0 radical (unpaired) electrons. The van der Waals surface area contributed by atoms with Gasteiger partial charge in [0.25, 0.3) is 0 Å². The van der Waals surface area contributed by atoms with E-state index < -0.39 is 15.9 Å². The Hall–Kier alpha value is -2.98. The lowest BCUT2D eigenvalue weighted by atomic mass is 10.1. The molecule has 0 unspecified atom stereocenters. The Morgan fingerprint density at radius 3 is 2.67 bits per heavy atom. The van der Waals surface area contributed by atoms with Gasteiger partial charge in [0.1, 0.15) is 10.6 Å². The molecule has 2 fully saturated rings. The molecule has 1 aromatic heterocycles. The molecule has 0 spiro atoms. The van der Waals surface area contributed by atoms with Crippen LogP contribution in [0, 0.1) is 5.92 Å². The van der Waals surface area contributed by atoms with Gasteiger partial charge in [0.15, 0.2) is 0 Å². The quantitative estimate of drug-likeness (QED) is 0.662. The van der Waals surface area contributed by atoms with Gasteiger partial charge in [-0.05, 0) is 43.2 Å². The van der Waals surface area contributed by atoms with Crippen molar-refractivity contribution in [3.8, 4) is 5.75 Å². The Labute approximate surface area is 193 Å². The van der Waals surface area contributed by atoms with E-state index in [-0.39, 0.29) is 35.4 Å². The zero-order valence-electron chi connectivity index (χ0n) is 18.6. The molecule has 33 heavy (non-hydrogen) atoms. The molecule has 2 saturated heterocycles. The molecule has 10 heteroatoms. The molecule has 1 N–H and O–H groups in total. The van der Waals surface area contributed by atoms with Crippen molar-refractivity contribution in [2.45, 2.75) is 37.1 Å². The third-order valence-electron chi connectivity index (χ3n) is 6.03. The van der Waals surface area contributed by atoms with E-state index in [4.69, 9.17) is 4.74 Å². The van der Waals surface area contributed by atoms with Gasteiger partial charge < -0.3 is 15.0 Å². The lowest BCUT2D eigenvalue weighted by Crippen LogP contribution is -2.35. The predicted molar refractivity (Wildman–Crippen MR) is 122 cm³/mol. The summed E-state index contributed by atoms with van der Waals surface area (Å²) in [5.74, 6) is -0.719. The summed E-state index contributed by atoms with van der Waals surface area (Å²) in [5, 5.41) is 2.78. The maximum absolute atomic E-state index is 13.2. The van der Waals surface area contributed by atoms with Crippen molar-refractivity contribution in [2.75, 3.05) is 32.1 Å². The number of rotatable bonds is 7. The number of methoxy groups -OCH3 is 1. The van der Waals surface area contributed by atoms with Crippen molar-refractivity contribution in [3.63, 3.8) is 0 Å². The van der Waals surface area contributed by atoms with Crippen LogP contribution >= 0.6 is 0 Å². The largest absolute Gasteiger partial charge is 0.495 e. The van der Waals surface area contributed by atoms with Gasteiger partial charge in [-0.25, -0.2) is 8.42 Å². The predicted octanol–water partition coefficient (Wildman–Crippen LogP) is 2.25. The number of anilines is 1. The SMILES string of the molecule is COc1ccc(NC(=O)[C@@H]2CC(=O)N(Cc3ccccn3)C2)cc1S(=O)(=O)N1CCCCC1. The van der Waals surface area contributed by atoms with E-state index in [9.17, 15) is 18.0 Å². The molecule has 0 bridgehead atoms. The molecule has 4 rings (SSSR count). The molecule has 2 amide bonds. The second kappa shape index (κ2) is 9.88. The zero-order valence-corrected chi connectivity index (χ0v) is 19.4. The number of pyridine rings is 1. The van der Waals surface area contributed by atoms with Crippen molar-refractivity contribution >= 4 is 27.5 Å². The van der Waals surface area contributed by atoms with Crippen LogP contribution in [-0.2, 0) is 26.2 Å². The fourth-order valence-electron chi connectivity index (χ4n) is 4.23. The summed E-state index contributed by atoms with van der Waals surface area (Å²) in [5.41, 5.74) is 1.11. The number of likely N-dealkylation sites (tertiary alicyclic amines) is 1. The number of hydrogen-bond donors (Lipinski definition) is 1. The second-order valence-corrected chi connectivity index (χ2v) is 10.2. The van der Waals surface area contributed by atoms with E-state index in [1.165, 1.54) is 17.5 Å². The first-order chi connectivity index (χ1) is 15.9. The molecule has 0 aliphatic carbocycles. The number of hydrogen-bond acceptors (Lipinski definition) is 6. The van der Waals surface area contributed by atoms with E-state index in [2.05, 4.69) is 10.3 Å². The minimum absolute atomic E-state index is 0.0315. The molecule has 1 atom stereocenters.